The molecule has 5 unspecified atom stereocenters. The highest BCUT2D eigenvalue weighted by atomic mass is 32.2. The van der Waals surface area contributed by atoms with Gasteiger partial charge in [-0.3, -0.25) is 0 Å². The first-order valence-electron chi connectivity index (χ1n) is 7.75. The molecular formula is C15H27NO2S. The van der Waals surface area contributed by atoms with E-state index in [9.17, 15) is 0 Å². The molecule has 3 rings (SSSR count). The summed E-state index contributed by atoms with van der Waals surface area (Å²) in [5.41, 5.74) is 0.185. The van der Waals surface area contributed by atoms with Crippen LogP contribution >= 0.6 is 11.8 Å². The monoisotopic (exact) mass is 285 g/mol. The molecule has 3 fully saturated rings. The first-order valence-corrected chi connectivity index (χ1v) is 8.90. The van der Waals surface area contributed by atoms with Crippen LogP contribution in [-0.4, -0.2) is 49.5 Å². The number of ether oxygens (including phenoxy) is 2. The number of thioether (sulfide) groups is 1. The summed E-state index contributed by atoms with van der Waals surface area (Å²) >= 11 is 2.06. The average molecular weight is 285 g/mol. The van der Waals surface area contributed by atoms with Crippen molar-refractivity contribution in [2.45, 2.75) is 50.4 Å². The number of hydrogen-bond donors (Lipinski definition) is 1. The van der Waals surface area contributed by atoms with E-state index < -0.39 is 0 Å². The molecule has 4 heteroatoms. The van der Waals surface area contributed by atoms with Crippen LogP contribution in [0.15, 0.2) is 0 Å². The number of hydrogen-bond acceptors (Lipinski definition) is 4. The maximum Gasteiger partial charge on any atom is 0.0783 e. The second kappa shape index (κ2) is 5.92. The fourth-order valence-electron chi connectivity index (χ4n) is 4.08. The summed E-state index contributed by atoms with van der Waals surface area (Å²) in [4.78, 5) is 0. The first kappa shape index (κ1) is 14.2. The molecule has 3 saturated heterocycles. The molecule has 0 amide bonds. The Morgan fingerprint density at radius 1 is 1.32 bits per heavy atom. The first-order chi connectivity index (χ1) is 9.24. The number of likely N-dealkylation sites (N-methyl/N-ethyl adjacent to an activating group) is 1. The molecule has 0 aliphatic carbocycles. The third-order valence-electron chi connectivity index (χ3n) is 5.24. The highest BCUT2D eigenvalue weighted by Gasteiger charge is 2.45. The lowest BCUT2D eigenvalue weighted by atomic mass is 9.77. The molecular weight excluding hydrogens is 258 g/mol. The smallest absolute Gasteiger partial charge is 0.0783 e. The predicted molar refractivity (Wildman–Crippen MR) is 79.7 cm³/mol. The molecule has 3 heterocycles. The average Bonchev–Trinajstić information content (AvgIpc) is 3.02. The minimum Gasteiger partial charge on any atom is -0.376 e. The van der Waals surface area contributed by atoms with Crippen LogP contribution in [0.25, 0.3) is 0 Å². The molecule has 3 aliphatic heterocycles. The molecule has 5 atom stereocenters. The van der Waals surface area contributed by atoms with Crippen molar-refractivity contribution in [2.24, 2.45) is 11.8 Å². The second-order valence-electron chi connectivity index (χ2n) is 6.50. The van der Waals surface area contributed by atoms with Crippen molar-refractivity contribution in [3.05, 3.63) is 0 Å². The Bertz CT molecular complexity index is 307. The van der Waals surface area contributed by atoms with Gasteiger partial charge in [0.25, 0.3) is 0 Å². The Morgan fingerprint density at radius 3 is 2.84 bits per heavy atom. The van der Waals surface area contributed by atoms with Crippen LogP contribution in [0.1, 0.15) is 32.6 Å². The zero-order valence-corrected chi connectivity index (χ0v) is 13.0. The lowest BCUT2D eigenvalue weighted by Crippen LogP contribution is -2.51. The molecule has 19 heavy (non-hydrogen) atoms. The minimum absolute atomic E-state index is 0.185. The van der Waals surface area contributed by atoms with Crippen molar-refractivity contribution in [3.63, 3.8) is 0 Å². The van der Waals surface area contributed by atoms with Gasteiger partial charge in [0.05, 0.1) is 11.7 Å². The van der Waals surface area contributed by atoms with E-state index in [4.69, 9.17) is 9.47 Å². The summed E-state index contributed by atoms with van der Waals surface area (Å²) in [6.07, 6.45) is 5.26. The van der Waals surface area contributed by atoms with E-state index in [1.54, 1.807) is 0 Å². The standard InChI is InChI=1S/C15H27NO2S/c1-11-3-6-17-14(11)13(16-2)12-4-7-18-15(9-12)5-8-19-10-15/h11-14,16H,3-10H2,1-2H3. The van der Waals surface area contributed by atoms with Crippen LogP contribution < -0.4 is 5.32 Å². The normalized spacial score (nSPS) is 44.8. The lowest BCUT2D eigenvalue weighted by molar-refractivity contribution is -0.0950. The van der Waals surface area contributed by atoms with Crippen LogP contribution in [0.5, 0.6) is 0 Å². The van der Waals surface area contributed by atoms with E-state index in [-0.39, 0.29) is 5.60 Å². The Morgan fingerprint density at radius 2 is 2.21 bits per heavy atom. The van der Waals surface area contributed by atoms with Crippen molar-refractivity contribution in [1.29, 1.82) is 0 Å². The molecule has 3 nitrogen and oxygen atoms in total. The van der Waals surface area contributed by atoms with Gasteiger partial charge in [-0.1, -0.05) is 6.92 Å². The van der Waals surface area contributed by atoms with Crippen molar-refractivity contribution in [3.8, 4) is 0 Å². The maximum atomic E-state index is 6.15. The molecule has 0 bridgehead atoms. The predicted octanol–water partition coefficient (Wildman–Crippen LogP) is 2.30. The maximum absolute atomic E-state index is 6.15. The second-order valence-corrected chi connectivity index (χ2v) is 7.61. The van der Waals surface area contributed by atoms with Gasteiger partial charge < -0.3 is 14.8 Å². The van der Waals surface area contributed by atoms with Crippen LogP contribution in [0.2, 0.25) is 0 Å². The zero-order valence-electron chi connectivity index (χ0n) is 12.2. The quantitative estimate of drug-likeness (QED) is 0.862. The van der Waals surface area contributed by atoms with Crippen LogP contribution in [0.4, 0.5) is 0 Å². The van der Waals surface area contributed by atoms with E-state index in [0.29, 0.717) is 24.0 Å². The summed E-state index contributed by atoms with van der Waals surface area (Å²) in [6.45, 7) is 4.21. The van der Waals surface area contributed by atoms with Gasteiger partial charge in [-0.05, 0) is 50.3 Å². The molecule has 0 aromatic heterocycles. The summed E-state index contributed by atoms with van der Waals surface area (Å²) in [5, 5.41) is 3.56. The highest BCUT2D eigenvalue weighted by Crippen LogP contribution is 2.42. The summed E-state index contributed by atoms with van der Waals surface area (Å²) in [6, 6.07) is 0.504. The molecule has 110 valence electrons. The van der Waals surface area contributed by atoms with E-state index >= 15 is 0 Å². The van der Waals surface area contributed by atoms with Crippen LogP contribution in [-0.2, 0) is 9.47 Å². The Labute approximate surface area is 121 Å². The summed E-state index contributed by atoms with van der Waals surface area (Å²) < 4.78 is 12.2. The number of rotatable bonds is 3. The molecule has 3 aliphatic rings. The van der Waals surface area contributed by atoms with Gasteiger partial charge in [0.2, 0.25) is 0 Å². The van der Waals surface area contributed by atoms with Gasteiger partial charge in [-0.2, -0.15) is 11.8 Å². The third-order valence-corrected chi connectivity index (χ3v) is 6.46. The SMILES string of the molecule is CNC(C1CCOC2(CCSC2)C1)C1OCCC1C. The summed E-state index contributed by atoms with van der Waals surface area (Å²) in [5.74, 6) is 3.87. The molecule has 0 radical (unpaired) electrons. The van der Waals surface area contributed by atoms with Gasteiger partial charge in [0.15, 0.2) is 0 Å². The fourth-order valence-corrected chi connectivity index (χ4v) is 5.46. The highest BCUT2D eigenvalue weighted by molar-refractivity contribution is 7.99. The van der Waals surface area contributed by atoms with Crippen molar-refractivity contribution >= 4 is 11.8 Å². The Hall–Kier alpha value is 0.230. The largest absolute Gasteiger partial charge is 0.376 e. The lowest BCUT2D eigenvalue weighted by Gasteiger charge is -2.42. The van der Waals surface area contributed by atoms with Crippen LogP contribution in [0, 0.1) is 11.8 Å². The zero-order chi connectivity index (χ0) is 13.3. The Balaban J connectivity index is 1.68. The van der Waals surface area contributed by atoms with E-state index in [1.165, 1.54) is 37.2 Å². The Kier molecular flexibility index (Phi) is 4.42. The van der Waals surface area contributed by atoms with E-state index in [2.05, 4.69) is 31.1 Å². The topological polar surface area (TPSA) is 30.5 Å². The van der Waals surface area contributed by atoms with Crippen molar-refractivity contribution < 1.29 is 9.47 Å². The van der Waals surface area contributed by atoms with E-state index in [1.807, 2.05) is 0 Å². The van der Waals surface area contributed by atoms with Gasteiger partial charge in [0.1, 0.15) is 0 Å². The van der Waals surface area contributed by atoms with Crippen molar-refractivity contribution in [2.75, 3.05) is 31.8 Å². The third kappa shape index (κ3) is 2.82. The molecule has 0 saturated carbocycles. The number of nitrogens with one attached hydrogen (secondary N) is 1. The summed E-state index contributed by atoms with van der Waals surface area (Å²) in [7, 11) is 2.10. The van der Waals surface area contributed by atoms with Gasteiger partial charge >= 0.3 is 0 Å². The van der Waals surface area contributed by atoms with Crippen LogP contribution in [0.3, 0.4) is 0 Å². The molecule has 1 spiro atoms. The fraction of sp³-hybridized carbons (Fsp3) is 1.00. The van der Waals surface area contributed by atoms with Gasteiger partial charge in [-0.25, -0.2) is 0 Å². The van der Waals surface area contributed by atoms with E-state index in [0.717, 1.165) is 13.2 Å². The van der Waals surface area contributed by atoms with Gasteiger partial charge in [-0.15, -0.1) is 0 Å². The minimum atomic E-state index is 0.185. The molecule has 0 aromatic rings. The van der Waals surface area contributed by atoms with Gasteiger partial charge in [0, 0.05) is 25.0 Å². The molecule has 0 aromatic carbocycles. The van der Waals surface area contributed by atoms with Crippen molar-refractivity contribution in [1.82, 2.24) is 5.32 Å². The molecule has 1 N–H and O–H groups in total.